The van der Waals surface area contributed by atoms with Gasteiger partial charge < -0.3 is 43.8 Å². The molecule has 2 aromatic carbocycles. The number of aromatic nitrogens is 9. The molecule has 6 heterocycles. The fraction of sp³-hybridized carbons (Fsp3) is 0.423. The van der Waals surface area contributed by atoms with Gasteiger partial charge in [-0.25, -0.2) is 15.0 Å². The highest BCUT2D eigenvalue weighted by molar-refractivity contribution is 6.10. The van der Waals surface area contributed by atoms with E-state index in [-0.39, 0.29) is 5.91 Å². The number of anilines is 1. The van der Waals surface area contributed by atoms with Crippen molar-refractivity contribution in [1.82, 2.24) is 64.1 Å². The smallest absolute Gasteiger partial charge is 0.276 e. The van der Waals surface area contributed by atoms with Gasteiger partial charge in [0.1, 0.15) is 34.1 Å². The van der Waals surface area contributed by atoms with Crippen molar-refractivity contribution in [3.05, 3.63) is 96.1 Å². The number of piperazine rings is 1. The number of aryl methyl sites for hydroxylation is 4. The van der Waals surface area contributed by atoms with E-state index in [4.69, 9.17) is 34.3 Å². The van der Waals surface area contributed by atoms with E-state index in [9.17, 15) is 4.79 Å². The first-order chi connectivity index (χ1) is 33.9. The summed E-state index contributed by atoms with van der Waals surface area (Å²) in [6, 6.07) is 11.9. The van der Waals surface area contributed by atoms with Crippen molar-refractivity contribution in [3.8, 4) is 23.0 Å². The number of hydrogen-bond donors (Lipinski definition) is 3. The molecule has 1 aliphatic heterocycles. The average molecular weight is 953 g/mol. The molecule has 18 heteroatoms. The number of rotatable bonds is 23. The third-order valence-corrected chi connectivity index (χ3v) is 12.8. The number of nitrogens with one attached hydrogen (secondary N) is 3. The number of allylic oxidation sites excluding steroid dienone is 2. The summed E-state index contributed by atoms with van der Waals surface area (Å²) in [4.78, 5) is 34.2. The second-order valence-electron chi connectivity index (χ2n) is 17.7. The molecule has 18 nitrogen and oxygen atoms in total. The molecule has 3 N–H and O–H groups in total. The maximum Gasteiger partial charge on any atom is 0.276 e. The molecular weight excluding hydrogens is 885 g/mol. The number of hydrogen-bond acceptors (Lipinski definition) is 13. The predicted octanol–water partition coefficient (Wildman–Crippen LogP) is 6.97. The van der Waals surface area contributed by atoms with Gasteiger partial charge >= 0.3 is 0 Å². The molecule has 1 aliphatic rings. The van der Waals surface area contributed by atoms with E-state index in [2.05, 4.69) is 80.8 Å². The summed E-state index contributed by atoms with van der Waals surface area (Å²) in [5.74, 6) is 1.99. The molecule has 1 amide bonds. The number of carbonyl (C=O) groups is 1. The molecule has 5 aromatic heterocycles. The van der Waals surface area contributed by atoms with E-state index in [1.54, 1.807) is 17.9 Å². The normalized spacial score (nSPS) is 13.5. The molecule has 7 aromatic rings. The van der Waals surface area contributed by atoms with E-state index in [0.29, 0.717) is 86.9 Å². The van der Waals surface area contributed by atoms with Gasteiger partial charge in [-0.1, -0.05) is 25.3 Å². The Morgan fingerprint density at radius 1 is 0.757 bits per heavy atom. The molecule has 0 atom stereocenters. The van der Waals surface area contributed by atoms with Gasteiger partial charge in [-0.05, 0) is 77.6 Å². The summed E-state index contributed by atoms with van der Waals surface area (Å²) in [5, 5.41) is 20.6. The lowest BCUT2D eigenvalue weighted by molar-refractivity contribution is 0.101. The van der Waals surface area contributed by atoms with Crippen molar-refractivity contribution in [2.75, 3.05) is 86.1 Å². The number of imidazole rings is 1. The lowest BCUT2D eigenvalue weighted by atomic mass is 10.1. The minimum Gasteiger partial charge on any atom is -0.491 e. The number of fused-ring (bicyclic) bond motifs is 4. The molecule has 0 saturated carbocycles. The highest BCUT2D eigenvalue weighted by Gasteiger charge is 2.24. The van der Waals surface area contributed by atoms with E-state index in [1.165, 1.54) is 0 Å². The summed E-state index contributed by atoms with van der Waals surface area (Å²) >= 11 is 0. The molecule has 0 radical (unpaired) electrons. The molecule has 1 fully saturated rings. The Bertz CT molecular complexity index is 3040. The van der Waals surface area contributed by atoms with Gasteiger partial charge in [0.05, 0.1) is 35.6 Å². The number of carbonyl (C=O) groups excluding carboxylic acids is 1. The number of methoxy groups -OCH3 is 1. The molecular formula is C52H68N14O4. The molecule has 1 saturated heterocycles. The zero-order valence-electron chi connectivity index (χ0n) is 42.1. The summed E-state index contributed by atoms with van der Waals surface area (Å²) in [5.41, 5.74) is 9.20. The SMILES string of the molecule is C=C(NC)c1cc(OCCCN2CCN(C)CC2)c2c(c1)nc(NC(=O)c1cc(C)nn1CC)n2C/C=C/Cn1c2nc(-c3cc(C)nn3CC)ncc2c2cc(C(=C)NC)cc(OCCCOC)c21. The fourth-order valence-corrected chi connectivity index (χ4v) is 9.02. The van der Waals surface area contributed by atoms with Gasteiger partial charge in [0.25, 0.3) is 5.91 Å². The van der Waals surface area contributed by atoms with E-state index >= 15 is 0 Å². The van der Waals surface area contributed by atoms with Gasteiger partial charge in [-0.15, -0.1) is 0 Å². The monoisotopic (exact) mass is 953 g/mol. The highest BCUT2D eigenvalue weighted by Crippen LogP contribution is 2.38. The molecule has 70 heavy (non-hydrogen) atoms. The van der Waals surface area contributed by atoms with Crippen molar-refractivity contribution in [2.45, 2.75) is 66.7 Å². The minimum atomic E-state index is -0.309. The van der Waals surface area contributed by atoms with Gasteiger partial charge in [0.2, 0.25) is 5.95 Å². The second kappa shape index (κ2) is 22.2. The van der Waals surface area contributed by atoms with Crippen molar-refractivity contribution in [2.24, 2.45) is 0 Å². The van der Waals surface area contributed by atoms with Crippen LogP contribution in [0.25, 0.3) is 55.9 Å². The van der Waals surface area contributed by atoms with Crippen LogP contribution in [0.1, 0.15) is 59.7 Å². The van der Waals surface area contributed by atoms with Crippen LogP contribution in [-0.2, 0) is 30.9 Å². The number of amides is 1. The Morgan fingerprint density at radius 3 is 2.09 bits per heavy atom. The Labute approximate surface area is 410 Å². The summed E-state index contributed by atoms with van der Waals surface area (Å²) in [6.45, 7) is 25.1. The highest BCUT2D eigenvalue weighted by atomic mass is 16.5. The van der Waals surface area contributed by atoms with Gasteiger partial charge in [-0.2, -0.15) is 10.2 Å². The first kappa shape index (κ1) is 49.4. The van der Waals surface area contributed by atoms with Crippen LogP contribution in [0.2, 0.25) is 0 Å². The maximum absolute atomic E-state index is 14.1. The lowest BCUT2D eigenvalue weighted by Crippen LogP contribution is -2.44. The van der Waals surface area contributed by atoms with E-state index in [0.717, 1.165) is 106 Å². The third kappa shape index (κ3) is 10.6. The van der Waals surface area contributed by atoms with Crippen LogP contribution in [0.5, 0.6) is 11.5 Å². The van der Waals surface area contributed by atoms with Crippen molar-refractivity contribution in [3.63, 3.8) is 0 Å². The van der Waals surface area contributed by atoms with Gasteiger partial charge in [0.15, 0.2) is 5.82 Å². The number of benzene rings is 2. The molecule has 370 valence electrons. The van der Waals surface area contributed by atoms with Crippen molar-refractivity contribution < 1.29 is 19.0 Å². The van der Waals surface area contributed by atoms with Crippen LogP contribution in [0, 0.1) is 13.8 Å². The van der Waals surface area contributed by atoms with Crippen LogP contribution in [0.3, 0.4) is 0 Å². The minimum absolute atomic E-state index is 0.309. The van der Waals surface area contributed by atoms with Crippen LogP contribution in [0.4, 0.5) is 5.95 Å². The molecule has 0 bridgehead atoms. The number of likely N-dealkylation sites (N-methyl/N-ethyl adjacent to an activating group) is 1. The average Bonchev–Trinajstić information content (AvgIpc) is 4.13. The Balaban J connectivity index is 1.21. The van der Waals surface area contributed by atoms with E-state index in [1.807, 2.05) is 74.6 Å². The summed E-state index contributed by atoms with van der Waals surface area (Å²) < 4.78 is 26.5. The quantitative estimate of drug-likeness (QED) is 0.0444. The summed E-state index contributed by atoms with van der Waals surface area (Å²) in [7, 11) is 7.56. The van der Waals surface area contributed by atoms with Crippen molar-refractivity contribution >= 4 is 56.2 Å². The predicted molar refractivity (Wildman–Crippen MR) is 278 cm³/mol. The zero-order valence-corrected chi connectivity index (χ0v) is 42.1. The van der Waals surface area contributed by atoms with Crippen LogP contribution in [0.15, 0.2) is 67.9 Å². The van der Waals surface area contributed by atoms with Gasteiger partial charge in [-0.3, -0.25) is 19.5 Å². The second-order valence-corrected chi connectivity index (χ2v) is 17.7. The molecule has 0 aliphatic carbocycles. The lowest BCUT2D eigenvalue weighted by Gasteiger charge is -2.32. The van der Waals surface area contributed by atoms with Crippen LogP contribution < -0.4 is 25.4 Å². The van der Waals surface area contributed by atoms with Crippen LogP contribution in [-0.4, -0.2) is 140 Å². The van der Waals surface area contributed by atoms with Crippen molar-refractivity contribution in [1.29, 1.82) is 0 Å². The first-order valence-electron chi connectivity index (χ1n) is 24.3. The van der Waals surface area contributed by atoms with Gasteiger partial charge in [0, 0.05) is 133 Å². The topological polar surface area (TPSA) is 172 Å². The Morgan fingerprint density at radius 2 is 1.40 bits per heavy atom. The number of nitrogens with zero attached hydrogens (tertiary/aromatic N) is 11. The molecule has 8 rings (SSSR count). The molecule has 0 unspecified atom stereocenters. The molecule has 0 spiro atoms. The Kier molecular flexibility index (Phi) is 15.6. The standard InChI is InChI=1S/C52H68N14O4/c1-11-65-43(27-34(3)59-65)49-55-33-41-40-29-38(36(5)53-7)31-45(70-26-16-24-68-10)47(40)63(50(41)57-49)18-13-14-19-64-48-42(56-52(64)58-51(67)44-28-35(4)60-66(44)12-2)30-39(37(6)54-8)32-46(48)69-25-15-17-62-22-20-61(9)21-23-62/h13-14,27-33,53-54H,5-6,11-12,15-26H2,1-4,7-10H3,(H,56,58,67)/b14-13+. The fourth-order valence-electron chi connectivity index (χ4n) is 9.02. The zero-order chi connectivity index (χ0) is 49.5. The Hall–Kier alpha value is -7.02. The maximum atomic E-state index is 14.1. The first-order valence-corrected chi connectivity index (χ1v) is 24.3. The largest absolute Gasteiger partial charge is 0.491 e. The third-order valence-electron chi connectivity index (χ3n) is 12.8. The van der Waals surface area contributed by atoms with E-state index < -0.39 is 0 Å². The van der Waals surface area contributed by atoms with Crippen LogP contribution >= 0.6 is 0 Å². The number of ether oxygens (including phenoxy) is 3. The summed E-state index contributed by atoms with van der Waals surface area (Å²) in [6.07, 6.45) is 7.65.